The number of hydrogen-bond donors (Lipinski definition) is 5. The van der Waals surface area contributed by atoms with Gasteiger partial charge in [0.1, 0.15) is 12.1 Å². The predicted octanol–water partition coefficient (Wildman–Crippen LogP) is 0.746. The van der Waals surface area contributed by atoms with Gasteiger partial charge < -0.3 is 59.5 Å². The van der Waals surface area contributed by atoms with Gasteiger partial charge in [-0.05, 0) is 38.5 Å². The van der Waals surface area contributed by atoms with Gasteiger partial charge in [0.2, 0.25) is 36.9 Å². The average Bonchev–Trinajstić information content (AvgIpc) is 3.15. The lowest BCUT2D eigenvalue weighted by molar-refractivity contribution is -0.133. The third-order valence-corrected chi connectivity index (χ3v) is 11.5. The largest absolute Gasteiger partial charge is 0.382 e. The Morgan fingerprint density at radius 1 is 0.600 bits per heavy atom. The van der Waals surface area contributed by atoms with E-state index < -0.39 is 37.2 Å². The fraction of sp³-hybridized carbons (Fsp3) is 0.861. The molecule has 0 radical (unpaired) electrons. The Labute approximate surface area is 326 Å². The molecule has 5 N–H and O–H groups in total. The van der Waals surface area contributed by atoms with E-state index in [4.69, 9.17) is 32.9 Å². The van der Waals surface area contributed by atoms with Crippen LogP contribution in [-0.4, -0.2) is 160 Å². The monoisotopic (exact) mass is 809 g/mol. The number of nitrogens with one attached hydrogen (secondary N) is 5. The molecule has 1 aliphatic carbocycles. The maximum atomic E-state index is 13.4. The van der Waals surface area contributed by atoms with Gasteiger partial charge in [-0.3, -0.25) is 28.5 Å². The molecule has 1 saturated carbocycles. The molecule has 3 unspecified atom stereocenters. The molecule has 1 aliphatic rings. The van der Waals surface area contributed by atoms with Crippen molar-refractivity contribution in [1.82, 2.24) is 26.6 Å². The standard InChI is InChI=1S/C36H68N5O13P/c1-27(2)55(6,47)54-29-9-7-28(8-10-29)34(44)41-31(36(46)39-17-20-53-26-23-50-5)12-14-33(43)40-30(35(45)38-16-19-52-25-22-49-4)11-13-32(42)37-15-18-51-24-21-48-3/h27-31H,7-26H2,1-6H3,(H,37,42)(H,38,45)(H,39,46)(H,40,43)(H,41,44)/t28-,29+,30?,31?,55?. The van der Waals surface area contributed by atoms with Crippen molar-refractivity contribution < 1.29 is 61.5 Å². The summed E-state index contributed by atoms with van der Waals surface area (Å²) < 4.78 is 49.7. The molecule has 5 amide bonds. The highest BCUT2D eigenvalue weighted by atomic mass is 31.2. The van der Waals surface area contributed by atoms with Crippen molar-refractivity contribution in [1.29, 1.82) is 0 Å². The number of rotatable bonds is 32. The molecule has 0 aliphatic heterocycles. The summed E-state index contributed by atoms with van der Waals surface area (Å²) in [5.74, 6) is -2.54. The molecule has 0 spiro atoms. The van der Waals surface area contributed by atoms with Crippen molar-refractivity contribution in [2.24, 2.45) is 5.92 Å². The molecular weight excluding hydrogens is 741 g/mol. The van der Waals surface area contributed by atoms with Crippen LogP contribution in [0.3, 0.4) is 0 Å². The maximum absolute atomic E-state index is 13.4. The molecule has 18 nitrogen and oxygen atoms in total. The van der Waals surface area contributed by atoms with E-state index in [1.165, 1.54) is 0 Å². The zero-order chi connectivity index (χ0) is 40.9. The number of carbonyl (C=O) groups is 5. The maximum Gasteiger partial charge on any atom is 0.242 e. The van der Waals surface area contributed by atoms with E-state index in [1.807, 2.05) is 13.8 Å². The summed E-state index contributed by atoms with van der Waals surface area (Å²) in [6.45, 7) is 9.04. The van der Waals surface area contributed by atoms with Gasteiger partial charge in [0, 0.05) is 72.0 Å². The van der Waals surface area contributed by atoms with Gasteiger partial charge in [0.05, 0.1) is 65.6 Å². The smallest absolute Gasteiger partial charge is 0.242 e. The second-order valence-electron chi connectivity index (χ2n) is 13.6. The van der Waals surface area contributed by atoms with E-state index in [2.05, 4.69) is 26.6 Å². The average molecular weight is 810 g/mol. The molecule has 3 atom stereocenters. The summed E-state index contributed by atoms with van der Waals surface area (Å²) >= 11 is 0. The van der Waals surface area contributed by atoms with Gasteiger partial charge in [-0.1, -0.05) is 13.8 Å². The third kappa shape index (κ3) is 23.9. The van der Waals surface area contributed by atoms with E-state index >= 15 is 0 Å². The Kier molecular flexibility index (Phi) is 27.8. The molecule has 320 valence electrons. The van der Waals surface area contributed by atoms with Crippen LogP contribution in [0.1, 0.15) is 65.2 Å². The van der Waals surface area contributed by atoms with Gasteiger partial charge in [-0.15, -0.1) is 0 Å². The number of methoxy groups -OCH3 is 3. The van der Waals surface area contributed by atoms with Crippen LogP contribution in [-0.2, 0) is 61.5 Å². The molecule has 55 heavy (non-hydrogen) atoms. The first-order valence-electron chi connectivity index (χ1n) is 19.2. The summed E-state index contributed by atoms with van der Waals surface area (Å²) in [7, 11) is 1.90. The van der Waals surface area contributed by atoms with Crippen molar-refractivity contribution in [3.05, 3.63) is 0 Å². The molecule has 0 aromatic heterocycles. The van der Waals surface area contributed by atoms with Crippen molar-refractivity contribution in [3.63, 3.8) is 0 Å². The van der Waals surface area contributed by atoms with E-state index in [-0.39, 0.29) is 88.0 Å². The Morgan fingerprint density at radius 3 is 1.49 bits per heavy atom. The molecule has 0 aromatic carbocycles. The molecule has 0 heterocycles. The summed E-state index contributed by atoms with van der Waals surface area (Å²) in [5.41, 5.74) is -0.104. The second kappa shape index (κ2) is 30.4. The summed E-state index contributed by atoms with van der Waals surface area (Å²) in [6, 6.07) is -2.09. The van der Waals surface area contributed by atoms with Crippen molar-refractivity contribution >= 4 is 36.9 Å². The molecule has 0 saturated heterocycles. The van der Waals surface area contributed by atoms with E-state index in [1.54, 1.807) is 28.0 Å². The van der Waals surface area contributed by atoms with Crippen LogP contribution in [0.2, 0.25) is 0 Å². The highest BCUT2D eigenvalue weighted by Crippen LogP contribution is 2.50. The number of amides is 5. The van der Waals surface area contributed by atoms with Crippen LogP contribution in [0.4, 0.5) is 0 Å². The van der Waals surface area contributed by atoms with Crippen molar-refractivity contribution in [2.75, 3.05) is 107 Å². The van der Waals surface area contributed by atoms with E-state index in [0.717, 1.165) is 0 Å². The summed E-state index contributed by atoms with van der Waals surface area (Å²) in [6.07, 6.45) is 1.63. The summed E-state index contributed by atoms with van der Waals surface area (Å²) in [5, 5.41) is 13.7. The SMILES string of the molecule is COCCOCCNC(=O)CCC(NC(=O)CCC(NC(=O)[C@H]1CC[C@@H](OP(C)(=O)C(C)C)CC1)C(=O)NCCOCCOC)C(=O)NCCOCCOC. The van der Waals surface area contributed by atoms with E-state index in [0.29, 0.717) is 71.9 Å². The zero-order valence-electron chi connectivity index (χ0n) is 33.8. The molecule has 0 bridgehead atoms. The van der Waals surface area contributed by atoms with Crippen LogP contribution in [0.15, 0.2) is 0 Å². The van der Waals surface area contributed by atoms with Crippen LogP contribution < -0.4 is 26.6 Å². The zero-order valence-corrected chi connectivity index (χ0v) is 34.7. The number of carbonyl (C=O) groups excluding carboxylic acids is 5. The molecule has 19 heteroatoms. The van der Waals surface area contributed by atoms with Crippen LogP contribution >= 0.6 is 7.37 Å². The minimum absolute atomic E-state index is 0.0131. The van der Waals surface area contributed by atoms with Gasteiger partial charge in [-0.2, -0.15) is 0 Å². The molecule has 1 rings (SSSR count). The fourth-order valence-electron chi connectivity index (χ4n) is 5.32. The van der Waals surface area contributed by atoms with Crippen LogP contribution in [0.25, 0.3) is 0 Å². The Bertz CT molecular complexity index is 1160. The quantitative estimate of drug-likeness (QED) is 0.0468. The number of ether oxygens (including phenoxy) is 6. The molecule has 1 fully saturated rings. The van der Waals surface area contributed by atoms with Gasteiger partial charge in [0.15, 0.2) is 0 Å². The second-order valence-corrected chi connectivity index (χ2v) is 16.6. The first kappa shape index (κ1) is 50.3. The Hall–Kier alpha value is -2.70. The predicted molar refractivity (Wildman–Crippen MR) is 205 cm³/mol. The topological polar surface area (TPSA) is 227 Å². The lowest BCUT2D eigenvalue weighted by Crippen LogP contribution is -2.51. The van der Waals surface area contributed by atoms with Gasteiger partial charge in [0.25, 0.3) is 0 Å². The molecule has 0 aromatic rings. The van der Waals surface area contributed by atoms with Crippen LogP contribution in [0.5, 0.6) is 0 Å². The highest BCUT2D eigenvalue weighted by molar-refractivity contribution is 7.58. The van der Waals surface area contributed by atoms with E-state index in [9.17, 15) is 28.5 Å². The van der Waals surface area contributed by atoms with Crippen molar-refractivity contribution in [3.8, 4) is 0 Å². The first-order chi connectivity index (χ1) is 26.3. The van der Waals surface area contributed by atoms with Crippen molar-refractivity contribution in [2.45, 2.75) is 89.1 Å². The van der Waals surface area contributed by atoms with Crippen LogP contribution in [0, 0.1) is 5.92 Å². The lowest BCUT2D eigenvalue weighted by atomic mass is 9.86. The first-order valence-corrected chi connectivity index (χ1v) is 21.4. The van der Waals surface area contributed by atoms with Gasteiger partial charge >= 0.3 is 0 Å². The summed E-state index contributed by atoms with van der Waals surface area (Å²) in [4.78, 5) is 65.6. The third-order valence-electron chi connectivity index (χ3n) is 8.90. The Balaban J connectivity index is 2.87. The normalized spacial score (nSPS) is 17.8. The van der Waals surface area contributed by atoms with Gasteiger partial charge in [-0.25, -0.2) is 0 Å². The fourth-order valence-corrected chi connectivity index (χ4v) is 6.36. The highest BCUT2D eigenvalue weighted by Gasteiger charge is 2.33. The Morgan fingerprint density at radius 2 is 1.04 bits per heavy atom. The number of hydrogen-bond acceptors (Lipinski definition) is 13. The minimum atomic E-state index is -2.77. The molecular formula is C36H68N5O13P. The lowest BCUT2D eigenvalue weighted by Gasteiger charge is -2.31. The minimum Gasteiger partial charge on any atom is -0.382 e.